The summed E-state index contributed by atoms with van der Waals surface area (Å²) in [5, 5.41) is 11.2. The molecule has 2 amide bonds. The van der Waals surface area contributed by atoms with Crippen LogP contribution in [0.5, 0.6) is 5.88 Å². The number of anilines is 1. The van der Waals surface area contributed by atoms with E-state index in [4.69, 9.17) is 9.26 Å². The molecule has 1 aliphatic rings. The molecule has 0 aliphatic carbocycles. The van der Waals surface area contributed by atoms with E-state index >= 15 is 0 Å². The summed E-state index contributed by atoms with van der Waals surface area (Å²) in [6.07, 6.45) is 2.60. The summed E-state index contributed by atoms with van der Waals surface area (Å²) in [6.45, 7) is 0.818. The molecule has 3 rings (SSSR count). The number of aryl methyl sites for hydroxylation is 1. The number of rotatable bonds is 5. The number of hydrogen-bond donors (Lipinski definition) is 1. The van der Waals surface area contributed by atoms with Crippen molar-refractivity contribution in [1.29, 1.82) is 0 Å². The lowest BCUT2D eigenvalue weighted by molar-refractivity contribution is -0.135. The predicted molar refractivity (Wildman–Crippen MR) is 96.4 cm³/mol. The van der Waals surface area contributed by atoms with Gasteiger partial charge in [0, 0.05) is 40.3 Å². The van der Waals surface area contributed by atoms with E-state index in [1.807, 2.05) is 13.1 Å². The van der Waals surface area contributed by atoms with Crippen molar-refractivity contribution in [3.8, 4) is 5.88 Å². The third-order valence-corrected chi connectivity index (χ3v) is 4.82. The summed E-state index contributed by atoms with van der Waals surface area (Å²) >= 11 is 0. The second-order valence-corrected chi connectivity index (χ2v) is 6.77. The molecule has 0 unspecified atom stereocenters. The highest BCUT2D eigenvalue weighted by Gasteiger charge is 2.44. The van der Waals surface area contributed by atoms with Gasteiger partial charge in [-0.05, 0) is 18.0 Å². The number of aromatic nitrogens is 3. The van der Waals surface area contributed by atoms with Crippen molar-refractivity contribution < 1.29 is 18.8 Å². The molecular weight excluding hydrogens is 352 g/mol. The lowest BCUT2D eigenvalue weighted by atomic mass is 9.85. The summed E-state index contributed by atoms with van der Waals surface area (Å²) < 4.78 is 11.7. The molecular formula is C17H24N6O4. The first-order valence-corrected chi connectivity index (χ1v) is 8.64. The zero-order chi connectivity index (χ0) is 19.6. The number of hydrogen-bond acceptors (Lipinski definition) is 7. The van der Waals surface area contributed by atoms with Crippen LogP contribution in [0.25, 0.3) is 0 Å². The Morgan fingerprint density at radius 3 is 2.56 bits per heavy atom. The van der Waals surface area contributed by atoms with Gasteiger partial charge in [-0.1, -0.05) is 0 Å². The van der Waals surface area contributed by atoms with Gasteiger partial charge >= 0.3 is 0 Å². The number of carbonyl (C=O) groups is 2. The normalized spacial score (nSPS) is 16.1. The molecule has 0 atom stereocenters. The number of carbonyl (C=O) groups excluding carboxylic acids is 2. The summed E-state index contributed by atoms with van der Waals surface area (Å²) in [4.78, 5) is 28.8. The topological polar surface area (TPSA) is 106 Å². The summed E-state index contributed by atoms with van der Waals surface area (Å²) in [5.74, 6) is 0.836. The Labute approximate surface area is 157 Å². The van der Waals surface area contributed by atoms with E-state index in [1.54, 1.807) is 34.8 Å². The minimum Gasteiger partial charge on any atom is -0.479 e. The highest BCUT2D eigenvalue weighted by atomic mass is 16.5. The van der Waals surface area contributed by atoms with E-state index < -0.39 is 5.54 Å². The van der Waals surface area contributed by atoms with E-state index in [9.17, 15) is 9.59 Å². The number of likely N-dealkylation sites (N-methyl/N-ethyl adjacent to an activating group) is 1. The van der Waals surface area contributed by atoms with Crippen molar-refractivity contribution in [3.05, 3.63) is 24.1 Å². The molecule has 0 radical (unpaired) electrons. The molecule has 1 aliphatic heterocycles. The number of ether oxygens (including phenoxy) is 1. The van der Waals surface area contributed by atoms with Gasteiger partial charge in [0.25, 0.3) is 11.8 Å². The second-order valence-electron chi connectivity index (χ2n) is 6.77. The van der Waals surface area contributed by atoms with Crippen LogP contribution in [-0.4, -0.2) is 76.4 Å². The number of piperidine rings is 1. The molecule has 3 heterocycles. The molecule has 1 N–H and O–H groups in total. The zero-order valence-corrected chi connectivity index (χ0v) is 15.9. The van der Waals surface area contributed by atoms with E-state index in [2.05, 4.69) is 15.6 Å². The standard InChI is InChI=1S/C17H24N6O4/c1-21(2)16(25)17(19-13-5-8-18-22(13)3)6-9-23(10-7-17)15(24)12-11-14(26-4)20-27-12/h5,8,11,19H,6-7,9-10H2,1-4H3. The van der Waals surface area contributed by atoms with Gasteiger partial charge in [0.2, 0.25) is 11.7 Å². The molecule has 0 spiro atoms. The van der Waals surface area contributed by atoms with Gasteiger partial charge in [0.1, 0.15) is 11.4 Å². The zero-order valence-electron chi connectivity index (χ0n) is 15.9. The molecule has 0 bridgehead atoms. The fraction of sp³-hybridized carbons (Fsp3) is 0.529. The van der Waals surface area contributed by atoms with E-state index in [0.717, 1.165) is 5.82 Å². The maximum Gasteiger partial charge on any atom is 0.292 e. The van der Waals surface area contributed by atoms with Gasteiger partial charge in [-0.15, -0.1) is 0 Å². The van der Waals surface area contributed by atoms with Crippen molar-refractivity contribution in [2.75, 3.05) is 39.6 Å². The Balaban J connectivity index is 1.76. The molecule has 2 aromatic rings. The molecule has 2 aromatic heterocycles. The van der Waals surface area contributed by atoms with Gasteiger partial charge < -0.3 is 24.4 Å². The Morgan fingerprint density at radius 2 is 2.04 bits per heavy atom. The Morgan fingerprint density at radius 1 is 1.33 bits per heavy atom. The highest BCUT2D eigenvalue weighted by molar-refractivity contribution is 5.93. The Kier molecular flexibility index (Phi) is 5.06. The van der Waals surface area contributed by atoms with Crippen LogP contribution in [0.15, 0.2) is 22.9 Å². The van der Waals surface area contributed by atoms with Gasteiger partial charge in [-0.3, -0.25) is 14.3 Å². The lowest BCUT2D eigenvalue weighted by Gasteiger charge is -2.42. The van der Waals surface area contributed by atoms with Crippen molar-refractivity contribution in [1.82, 2.24) is 24.7 Å². The third-order valence-electron chi connectivity index (χ3n) is 4.82. The molecule has 0 saturated carbocycles. The van der Waals surface area contributed by atoms with Crippen LogP contribution in [0.1, 0.15) is 23.4 Å². The van der Waals surface area contributed by atoms with Crippen molar-refractivity contribution >= 4 is 17.6 Å². The highest BCUT2D eigenvalue weighted by Crippen LogP contribution is 2.29. The van der Waals surface area contributed by atoms with Crippen LogP contribution in [0.4, 0.5) is 5.82 Å². The molecule has 0 aromatic carbocycles. The summed E-state index contributed by atoms with van der Waals surface area (Å²) in [7, 11) is 6.73. The molecule has 146 valence electrons. The Hall–Kier alpha value is -3.04. The minimum atomic E-state index is -0.798. The smallest absolute Gasteiger partial charge is 0.292 e. The molecule has 1 saturated heterocycles. The van der Waals surface area contributed by atoms with E-state index in [0.29, 0.717) is 25.9 Å². The van der Waals surface area contributed by atoms with Crippen LogP contribution in [0.3, 0.4) is 0 Å². The van der Waals surface area contributed by atoms with Crippen LogP contribution >= 0.6 is 0 Å². The monoisotopic (exact) mass is 376 g/mol. The van der Waals surface area contributed by atoms with Crippen molar-refractivity contribution in [2.45, 2.75) is 18.4 Å². The largest absolute Gasteiger partial charge is 0.479 e. The molecule has 10 nitrogen and oxygen atoms in total. The Bertz CT molecular complexity index is 819. The maximum absolute atomic E-state index is 12.9. The summed E-state index contributed by atoms with van der Waals surface area (Å²) in [5.41, 5.74) is -0.798. The lowest BCUT2D eigenvalue weighted by Crippen LogP contribution is -2.58. The van der Waals surface area contributed by atoms with E-state index in [-0.39, 0.29) is 23.5 Å². The first kappa shape index (κ1) is 18.7. The predicted octanol–water partition coefficient (Wildman–Crippen LogP) is 0.592. The van der Waals surface area contributed by atoms with Gasteiger partial charge in [-0.25, -0.2) is 0 Å². The van der Waals surface area contributed by atoms with Gasteiger partial charge in [0.15, 0.2) is 0 Å². The average molecular weight is 376 g/mol. The van der Waals surface area contributed by atoms with E-state index in [1.165, 1.54) is 13.2 Å². The number of likely N-dealkylation sites (tertiary alicyclic amines) is 1. The number of amides is 2. The van der Waals surface area contributed by atoms with Crippen LogP contribution in [0.2, 0.25) is 0 Å². The maximum atomic E-state index is 12.9. The van der Waals surface area contributed by atoms with Gasteiger partial charge in [0.05, 0.1) is 19.4 Å². The second kappa shape index (κ2) is 7.29. The molecule has 27 heavy (non-hydrogen) atoms. The quantitative estimate of drug-likeness (QED) is 0.814. The fourth-order valence-electron chi connectivity index (χ4n) is 3.27. The molecule has 1 fully saturated rings. The number of methoxy groups -OCH3 is 1. The summed E-state index contributed by atoms with van der Waals surface area (Å²) in [6, 6.07) is 3.28. The molecule has 10 heteroatoms. The van der Waals surface area contributed by atoms with Gasteiger partial charge in [-0.2, -0.15) is 5.10 Å². The van der Waals surface area contributed by atoms with Crippen molar-refractivity contribution in [3.63, 3.8) is 0 Å². The SMILES string of the molecule is COc1cc(C(=O)N2CCC(Nc3ccnn3C)(C(=O)N(C)C)CC2)on1. The van der Waals surface area contributed by atoms with Crippen molar-refractivity contribution in [2.24, 2.45) is 7.05 Å². The fourth-order valence-corrected chi connectivity index (χ4v) is 3.27. The van der Waals surface area contributed by atoms with Crippen LogP contribution < -0.4 is 10.1 Å². The first-order chi connectivity index (χ1) is 12.9. The third kappa shape index (κ3) is 3.60. The average Bonchev–Trinajstić information content (AvgIpc) is 3.30. The minimum absolute atomic E-state index is 0.0304. The first-order valence-electron chi connectivity index (χ1n) is 8.64. The number of nitrogens with one attached hydrogen (secondary N) is 1. The number of nitrogens with zero attached hydrogens (tertiary/aromatic N) is 5. The van der Waals surface area contributed by atoms with Crippen LogP contribution in [-0.2, 0) is 11.8 Å². The van der Waals surface area contributed by atoms with Crippen LogP contribution in [0, 0.1) is 0 Å².